The highest BCUT2D eigenvalue weighted by atomic mass is 16.6. The molecule has 1 aromatic carbocycles. The quantitative estimate of drug-likeness (QED) is 0.475. The van der Waals surface area contributed by atoms with Crippen LogP contribution in [0.4, 0.5) is 11.4 Å². The average molecular weight is 375 g/mol. The van der Waals surface area contributed by atoms with Gasteiger partial charge in [-0.3, -0.25) is 15.0 Å². The first-order valence-electron chi connectivity index (χ1n) is 8.16. The Morgan fingerprint density at radius 3 is 2.26 bits per heavy atom. The maximum Gasteiger partial charge on any atom is 0.356 e. The average Bonchev–Trinajstić information content (AvgIpc) is 2.65. The number of carbonyl (C=O) groups excluding carboxylic acids is 2. The van der Waals surface area contributed by atoms with Gasteiger partial charge < -0.3 is 14.8 Å². The van der Waals surface area contributed by atoms with Crippen molar-refractivity contribution in [3.63, 3.8) is 0 Å². The number of nitro groups is 1. The van der Waals surface area contributed by atoms with Gasteiger partial charge in [0.15, 0.2) is 11.4 Å². The summed E-state index contributed by atoms with van der Waals surface area (Å²) >= 11 is 0. The van der Waals surface area contributed by atoms with Crippen LogP contribution in [0.3, 0.4) is 0 Å². The van der Waals surface area contributed by atoms with Gasteiger partial charge in [-0.15, -0.1) is 0 Å². The van der Waals surface area contributed by atoms with Crippen LogP contribution in [0.2, 0.25) is 0 Å². The molecule has 0 saturated carbocycles. The number of nitro benzene ring substituents is 1. The molecule has 2 rings (SSSR count). The summed E-state index contributed by atoms with van der Waals surface area (Å²) in [6.45, 7) is 5.40. The van der Waals surface area contributed by atoms with E-state index in [2.05, 4.69) is 5.32 Å². The molecule has 9 nitrogen and oxygen atoms in total. The van der Waals surface area contributed by atoms with Crippen molar-refractivity contribution in [2.24, 2.45) is 5.92 Å². The molecule has 0 aliphatic carbocycles. The fourth-order valence-electron chi connectivity index (χ4n) is 2.78. The Bertz CT molecular complexity index is 856. The lowest BCUT2D eigenvalue weighted by atomic mass is 10.0. The molecular weight excluding hydrogens is 354 g/mol. The molecule has 0 atom stereocenters. The van der Waals surface area contributed by atoms with Gasteiger partial charge in [-0.1, -0.05) is 19.9 Å². The van der Waals surface area contributed by atoms with Crippen molar-refractivity contribution in [2.45, 2.75) is 20.8 Å². The van der Waals surface area contributed by atoms with Gasteiger partial charge in [0.1, 0.15) is 0 Å². The molecule has 1 aliphatic heterocycles. The summed E-state index contributed by atoms with van der Waals surface area (Å²) < 4.78 is 9.77. The SMILES string of the molecule is COC(=O)C1=C(C)NC(C(C)C)=C(C(=O)OC)N1c1cccc([N+](=O)[O-])c1. The molecule has 0 radical (unpaired) electrons. The number of hydrogen-bond acceptors (Lipinski definition) is 8. The number of methoxy groups -OCH3 is 2. The van der Waals surface area contributed by atoms with E-state index in [0.717, 1.165) is 0 Å². The lowest BCUT2D eigenvalue weighted by Gasteiger charge is -2.35. The van der Waals surface area contributed by atoms with Crippen molar-refractivity contribution < 1.29 is 24.0 Å². The molecule has 0 saturated heterocycles. The summed E-state index contributed by atoms with van der Waals surface area (Å²) in [6, 6.07) is 5.65. The molecule has 9 heteroatoms. The maximum atomic E-state index is 12.6. The third-order valence-electron chi connectivity index (χ3n) is 4.01. The van der Waals surface area contributed by atoms with Gasteiger partial charge in [0, 0.05) is 23.5 Å². The monoisotopic (exact) mass is 375 g/mol. The molecule has 0 unspecified atom stereocenters. The minimum atomic E-state index is -0.698. The molecule has 144 valence electrons. The van der Waals surface area contributed by atoms with E-state index in [1.54, 1.807) is 13.0 Å². The standard InChI is InChI=1S/C18H21N3O6/c1-10(2)14-16(18(23)27-5)20(15(11(3)19-14)17(22)26-4)12-7-6-8-13(9-12)21(24)25/h6-10,19H,1-5H3. The molecule has 1 N–H and O–H groups in total. The number of nitrogens with zero attached hydrogens (tertiary/aromatic N) is 2. The molecule has 1 heterocycles. The summed E-state index contributed by atoms with van der Waals surface area (Å²) in [5, 5.41) is 14.2. The van der Waals surface area contributed by atoms with Gasteiger partial charge in [-0.05, 0) is 18.9 Å². The van der Waals surface area contributed by atoms with Gasteiger partial charge in [0.25, 0.3) is 5.69 Å². The Labute approximate surface area is 156 Å². The first-order valence-corrected chi connectivity index (χ1v) is 8.16. The van der Waals surface area contributed by atoms with E-state index < -0.39 is 16.9 Å². The van der Waals surface area contributed by atoms with Crippen LogP contribution < -0.4 is 10.2 Å². The number of anilines is 1. The molecule has 0 spiro atoms. The lowest BCUT2D eigenvalue weighted by molar-refractivity contribution is -0.384. The summed E-state index contributed by atoms with van der Waals surface area (Å²) in [4.78, 5) is 37.0. The maximum absolute atomic E-state index is 12.6. The first-order chi connectivity index (χ1) is 12.7. The summed E-state index contributed by atoms with van der Waals surface area (Å²) in [6.07, 6.45) is 0. The largest absolute Gasteiger partial charge is 0.464 e. The van der Waals surface area contributed by atoms with Gasteiger partial charge >= 0.3 is 11.9 Å². The first kappa shape index (κ1) is 20.0. The molecule has 1 aromatic rings. The topological polar surface area (TPSA) is 111 Å². The molecule has 0 aromatic heterocycles. The van der Waals surface area contributed by atoms with Crippen LogP contribution in [-0.4, -0.2) is 31.1 Å². The molecule has 0 fully saturated rings. The second-order valence-electron chi connectivity index (χ2n) is 6.11. The van der Waals surface area contributed by atoms with Gasteiger partial charge in [0.2, 0.25) is 0 Å². The van der Waals surface area contributed by atoms with E-state index in [1.165, 1.54) is 37.3 Å². The van der Waals surface area contributed by atoms with E-state index in [-0.39, 0.29) is 28.7 Å². The van der Waals surface area contributed by atoms with Crippen LogP contribution in [0, 0.1) is 16.0 Å². The van der Waals surface area contributed by atoms with Crippen LogP contribution in [0.5, 0.6) is 0 Å². The number of non-ortho nitro benzene ring substituents is 1. The third-order valence-corrected chi connectivity index (χ3v) is 4.01. The zero-order valence-corrected chi connectivity index (χ0v) is 15.7. The summed E-state index contributed by atoms with van der Waals surface area (Å²) in [5.41, 5.74) is 1.18. The number of rotatable bonds is 5. The predicted molar refractivity (Wildman–Crippen MR) is 97.3 cm³/mol. The summed E-state index contributed by atoms with van der Waals surface area (Å²) in [7, 11) is 2.44. The molecular formula is C18H21N3O6. The van der Waals surface area contributed by atoms with Crippen molar-refractivity contribution >= 4 is 23.3 Å². The van der Waals surface area contributed by atoms with Crippen LogP contribution in [0.1, 0.15) is 20.8 Å². The second kappa shape index (κ2) is 7.90. The van der Waals surface area contributed by atoms with E-state index in [9.17, 15) is 19.7 Å². The van der Waals surface area contributed by atoms with E-state index in [1.807, 2.05) is 13.8 Å². The number of carbonyl (C=O) groups is 2. The number of ether oxygens (including phenoxy) is 2. The van der Waals surface area contributed by atoms with Crippen molar-refractivity contribution in [3.8, 4) is 0 Å². The van der Waals surface area contributed by atoms with Gasteiger partial charge in [0.05, 0.1) is 24.8 Å². The zero-order valence-electron chi connectivity index (χ0n) is 15.7. The Hall–Kier alpha value is -3.36. The molecule has 27 heavy (non-hydrogen) atoms. The number of hydrogen-bond donors (Lipinski definition) is 1. The highest BCUT2D eigenvalue weighted by Gasteiger charge is 2.37. The number of nitrogens with one attached hydrogen (secondary N) is 1. The third kappa shape index (κ3) is 3.76. The fraction of sp³-hybridized carbons (Fsp3) is 0.333. The number of benzene rings is 1. The highest BCUT2D eigenvalue weighted by molar-refractivity contribution is 6.03. The van der Waals surface area contributed by atoms with Crippen LogP contribution >= 0.6 is 0 Å². The zero-order chi connectivity index (χ0) is 20.3. The van der Waals surface area contributed by atoms with Crippen molar-refractivity contribution in [3.05, 3.63) is 57.2 Å². The van der Waals surface area contributed by atoms with Crippen LogP contribution in [0.25, 0.3) is 0 Å². The van der Waals surface area contributed by atoms with Crippen molar-refractivity contribution in [2.75, 3.05) is 19.1 Å². The van der Waals surface area contributed by atoms with E-state index in [0.29, 0.717) is 11.4 Å². The van der Waals surface area contributed by atoms with Crippen molar-refractivity contribution in [1.82, 2.24) is 5.32 Å². The highest BCUT2D eigenvalue weighted by Crippen LogP contribution is 2.35. The smallest absolute Gasteiger partial charge is 0.356 e. The van der Waals surface area contributed by atoms with Crippen LogP contribution in [-0.2, 0) is 19.1 Å². The molecule has 0 amide bonds. The minimum absolute atomic E-state index is 0.0443. The van der Waals surface area contributed by atoms with Crippen LogP contribution in [0.15, 0.2) is 47.1 Å². The van der Waals surface area contributed by atoms with Gasteiger partial charge in [-0.25, -0.2) is 9.59 Å². The number of esters is 2. The van der Waals surface area contributed by atoms with Crippen molar-refractivity contribution in [1.29, 1.82) is 0 Å². The fourth-order valence-corrected chi connectivity index (χ4v) is 2.78. The Balaban J connectivity index is 2.81. The predicted octanol–water partition coefficient (Wildman–Crippen LogP) is 2.45. The van der Waals surface area contributed by atoms with Gasteiger partial charge in [-0.2, -0.15) is 0 Å². The molecule has 0 bridgehead atoms. The Kier molecular flexibility index (Phi) is 5.84. The second-order valence-corrected chi connectivity index (χ2v) is 6.11. The summed E-state index contributed by atoms with van der Waals surface area (Å²) in [5.74, 6) is -1.50. The Morgan fingerprint density at radius 2 is 1.74 bits per heavy atom. The normalized spacial score (nSPS) is 14.2. The van der Waals surface area contributed by atoms with E-state index >= 15 is 0 Å². The molecule has 1 aliphatic rings. The Morgan fingerprint density at radius 1 is 1.15 bits per heavy atom. The lowest BCUT2D eigenvalue weighted by Crippen LogP contribution is -2.42. The minimum Gasteiger partial charge on any atom is -0.464 e. The number of allylic oxidation sites excluding steroid dienone is 2. The van der Waals surface area contributed by atoms with E-state index in [4.69, 9.17) is 9.47 Å².